The molecule has 1 N–H and O–H groups in total. The molecule has 2 bridgehead atoms. The van der Waals surface area contributed by atoms with Crippen LogP contribution in [0.25, 0.3) is 10.9 Å². The number of alkyl halides is 2. The van der Waals surface area contributed by atoms with Crippen molar-refractivity contribution in [1.82, 2.24) is 15.2 Å². The summed E-state index contributed by atoms with van der Waals surface area (Å²) >= 11 is 0. The number of nitrogens with zero attached hydrogens (tertiary/aromatic N) is 2. The van der Waals surface area contributed by atoms with E-state index < -0.39 is 53.9 Å². The first-order valence-electron chi connectivity index (χ1n) is 16.7. The summed E-state index contributed by atoms with van der Waals surface area (Å²) < 4.78 is 50.2. The van der Waals surface area contributed by atoms with Crippen LogP contribution in [0.5, 0.6) is 11.6 Å². The van der Waals surface area contributed by atoms with Crippen LogP contribution in [0, 0.1) is 17.3 Å². The number of hydrogen-bond acceptors (Lipinski definition) is 7. The average Bonchev–Trinajstić information content (AvgIpc) is 3.90. The fourth-order valence-electron chi connectivity index (χ4n) is 6.97. The SMILES string of the molecule is CC[C@@H]1[C@@H]2CN(C(=O)[C@H](C(C)(C)C)NC(=O)O[C@@H]3C[C@H]3CCCCC(F)(F)c3cc4ccc(OC5CC5)cc4nc3O2)[C@@H]1C(C)=O. The van der Waals surface area contributed by atoms with E-state index in [0.29, 0.717) is 42.3 Å². The van der Waals surface area contributed by atoms with E-state index >= 15 is 8.78 Å². The van der Waals surface area contributed by atoms with Gasteiger partial charge in [-0.1, -0.05) is 34.1 Å². The van der Waals surface area contributed by atoms with Gasteiger partial charge < -0.3 is 24.4 Å². The van der Waals surface area contributed by atoms with Crippen molar-refractivity contribution < 1.29 is 37.4 Å². The minimum atomic E-state index is -3.24. The van der Waals surface area contributed by atoms with E-state index in [-0.39, 0.29) is 48.3 Å². The molecule has 0 spiro atoms. The van der Waals surface area contributed by atoms with Gasteiger partial charge in [0, 0.05) is 23.8 Å². The minimum Gasteiger partial charge on any atom is -0.490 e. The highest BCUT2D eigenvalue weighted by Crippen LogP contribution is 2.44. The third kappa shape index (κ3) is 6.79. The van der Waals surface area contributed by atoms with Crippen LogP contribution in [0.4, 0.5) is 13.6 Å². The third-order valence-corrected chi connectivity index (χ3v) is 9.81. The number of carbonyl (C=O) groups excluding carboxylic acids is 3. The number of pyridine rings is 1. The number of rotatable bonds is 4. The summed E-state index contributed by atoms with van der Waals surface area (Å²) in [7, 11) is 0. The highest BCUT2D eigenvalue weighted by molar-refractivity contribution is 5.92. The molecule has 1 saturated heterocycles. The van der Waals surface area contributed by atoms with Gasteiger partial charge in [0.25, 0.3) is 5.92 Å². The summed E-state index contributed by atoms with van der Waals surface area (Å²) in [5.74, 6) is -3.88. The van der Waals surface area contributed by atoms with Gasteiger partial charge in [-0.25, -0.2) is 18.6 Å². The Morgan fingerprint density at radius 1 is 1.11 bits per heavy atom. The number of nitrogens with one attached hydrogen (secondary N) is 1. The van der Waals surface area contributed by atoms with Crippen molar-refractivity contribution in [3.05, 3.63) is 29.8 Å². The van der Waals surface area contributed by atoms with Gasteiger partial charge in [0.05, 0.1) is 29.8 Å². The minimum absolute atomic E-state index is 0.0227. The van der Waals surface area contributed by atoms with Crippen molar-refractivity contribution in [3.63, 3.8) is 0 Å². The molecule has 2 saturated carbocycles. The average molecular weight is 642 g/mol. The fourth-order valence-corrected chi connectivity index (χ4v) is 6.97. The Bertz CT molecular complexity index is 1510. The molecule has 3 fully saturated rings. The standard InChI is InChI=1S/C35H45F2N3O6/c1-6-24-28-18-40(29(24)19(2)41)32(42)30(34(3,4)5)39-33(43)46-27-16-21(27)9-7-8-14-35(36,37)25-15-20-10-11-23(44-22-12-13-22)17-26(20)38-31(25)45-28/h10-11,15,17,21-22,24,27-30H,6-9,12-14,16,18H2,1-5H3,(H,39,43)/t21-,24-,27-,28+,29-,30-/m1/s1. The normalized spacial score (nSPS) is 30.2. The number of benzene rings is 1. The van der Waals surface area contributed by atoms with E-state index in [4.69, 9.17) is 14.2 Å². The summed E-state index contributed by atoms with van der Waals surface area (Å²) in [6.07, 6.45) is 2.54. The van der Waals surface area contributed by atoms with Gasteiger partial charge in [0.1, 0.15) is 24.0 Å². The number of Topliss-reactive ketones (excluding diaryl/α,β-unsaturated/α-hetero) is 1. The number of halogens is 2. The van der Waals surface area contributed by atoms with Crippen LogP contribution in [0.3, 0.4) is 0 Å². The fraction of sp³-hybridized carbons (Fsp3) is 0.657. The predicted molar refractivity (Wildman–Crippen MR) is 167 cm³/mol. The van der Waals surface area contributed by atoms with Gasteiger partial charge in [-0.3, -0.25) is 9.59 Å². The number of ketones is 1. The maximum absolute atomic E-state index is 16.1. The number of hydrogen-bond donors (Lipinski definition) is 1. The van der Waals surface area contributed by atoms with Crippen LogP contribution < -0.4 is 14.8 Å². The van der Waals surface area contributed by atoms with Crippen molar-refractivity contribution in [2.75, 3.05) is 6.54 Å². The number of carbonyl (C=O) groups is 3. The molecule has 1 aromatic heterocycles. The number of fused-ring (bicyclic) bond motifs is 5. The van der Waals surface area contributed by atoms with E-state index in [1.807, 2.05) is 27.7 Å². The molecule has 3 heterocycles. The summed E-state index contributed by atoms with van der Waals surface area (Å²) in [6, 6.07) is 4.87. The molecule has 6 rings (SSSR count). The van der Waals surface area contributed by atoms with Crippen molar-refractivity contribution in [2.45, 2.75) is 122 Å². The lowest BCUT2D eigenvalue weighted by Crippen LogP contribution is -2.57. The van der Waals surface area contributed by atoms with Crippen molar-refractivity contribution in [2.24, 2.45) is 17.3 Å². The summed E-state index contributed by atoms with van der Waals surface area (Å²) in [4.78, 5) is 46.4. The van der Waals surface area contributed by atoms with Gasteiger partial charge >= 0.3 is 6.09 Å². The van der Waals surface area contributed by atoms with Gasteiger partial charge in [0.15, 0.2) is 5.78 Å². The van der Waals surface area contributed by atoms with Crippen LogP contribution in [0.15, 0.2) is 24.3 Å². The zero-order valence-corrected chi connectivity index (χ0v) is 27.3. The van der Waals surface area contributed by atoms with E-state index in [0.717, 1.165) is 12.8 Å². The molecular weight excluding hydrogens is 596 g/mol. The molecule has 250 valence electrons. The molecule has 4 aliphatic rings. The molecule has 2 aliphatic carbocycles. The molecule has 2 amide bonds. The Hall–Kier alpha value is -3.50. The molecule has 46 heavy (non-hydrogen) atoms. The first kappa shape index (κ1) is 32.4. The van der Waals surface area contributed by atoms with Crippen LogP contribution in [0.1, 0.15) is 91.5 Å². The number of ether oxygens (including phenoxy) is 3. The first-order chi connectivity index (χ1) is 21.7. The Kier molecular flexibility index (Phi) is 8.65. The van der Waals surface area contributed by atoms with Crippen molar-refractivity contribution >= 4 is 28.7 Å². The topological polar surface area (TPSA) is 107 Å². The molecule has 1 aromatic carbocycles. The maximum atomic E-state index is 16.1. The molecule has 6 atom stereocenters. The highest BCUT2D eigenvalue weighted by atomic mass is 19.3. The van der Waals surface area contributed by atoms with Gasteiger partial charge in [-0.05, 0) is 75.0 Å². The molecular formula is C35H45F2N3O6. The van der Waals surface area contributed by atoms with Gasteiger partial charge in [-0.15, -0.1) is 0 Å². The van der Waals surface area contributed by atoms with E-state index in [9.17, 15) is 14.4 Å². The lowest BCUT2D eigenvalue weighted by atomic mass is 9.85. The Labute approximate surface area is 268 Å². The quantitative estimate of drug-likeness (QED) is 0.404. The molecule has 11 heteroatoms. The van der Waals surface area contributed by atoms with Crippen LogP contribution in [-0.2, 0) is 20.2 Å². The second-order valence-corrected chi connectivity index (χ2v) is 14.6. The number of alkyl carbamates (subject to hydrolysis) is 1. The number of amides is 2. The van der Waals surface area contributed by atoms with E-state index in [1.165, 1.54) is 17.9 Å². The summed E-state index contributed by atoms with van der Waals surface area (Å²) in [5.41, 5.74) is -0.548. The smallest absolute Gasteiger partial charge is 0.408 e. The van der Waals surface area contributed by atoms with Gasteiger partial charge in [-0.2, -0.15) is 0 Å². The van der Waals surface area contributed by atoms with Crippen molar-refractivity contribution in [1.29, 1.82) is 0 Å². The molecule has 0 unspecified atom stereocenters. The predicted octanol–water partition coefficient (Wildman–Crippen LogP) is 6.54. The van der Waals surface area contributed by atoms with Gasteiger partial charge in [0.2, 0.25) is 11.8 Å². The van der Waals surface area contributed by atoms with Crippen LogP contribution in [0.2, 0.25) is 0 Å². The second kappa shape index (κ2) is 12.3. The maximum Gasteiger partial charge on any atom is 0.408 e. The third-order valence-electron chi connectivity index (χ3n) is 9.81. The molecule has 2 aliphatic heterocycles. The first-order valence-corrected chi connectivity index (χ1v) is 16.7. The van der Waals surface area contributed by atoms with Crippen LogP contribution in [-0.4, -0.2) is 64.6 Å². The second-order valence-electron chi connectivity index (χ2n) is 14.6. The Morgan fingerprint density at radius 2 is 1.87 bits per heavy atom. The Balaban J connectivity index is 1.41. The monoisotopic (exact) mass is 641 g/mol. The molecule has 9 nitrogen and oxygen atoms in total. The van der Waals surface area contributed by atoms with E-state index in [1.54, 1.807) is 18.2 Å². The lowest BCUT2D eigenvalue weighted by molar-refractivity contribution is -0.141. The van der Waals surface area contributed by atoms with E-state index in [2.05, 4.69) is 10.3 Å². The molecule has 0 radical (unpaired) electrons. The summed E-state index contributed by atoms with van der Waals surface area (Å²) in [5, 5.41) is 3.33. The zero-order chi connectivity index (χ0) is 33.0. The lowest BCUT2D eigenvalue weighted by Gasteiger charge is -2.35. The Morgan fingerprint density at radius 3 is 2.54 bits per heavy atom. The largest absolute Gasteiger partial charge is 0.490 e. The van der Waals surface area contributed by atoms with Crippen LogP contribution >= 0.6 is 0 Å². The number of aromatic nitrogens is 1. The zero-order valence-electron chi connectivity index (χ0n) is 27.3. The highest BCUT2D eigenvalue weighted by Gasteiger charge is 2.51. The van der Waals surface area contributed by atoms with Crippen molar-refractivity contribution in [3.8, 4) is 11.6 Å². The summed E-state index contributed by atoms with van der Waals surface area (Å²) in [6.45, 7) is 8.78. The molecule has 2 aromatic rings.